The van der Waals surface area contributed by atoms with Crippen molar-refractivity contribution in [3.8, 4) is 0 Å². The molecule has 0 aliphatic heterocycles. The largest absolute Gasteiger partial charge is 0.383 e. The van der Waals surface area contributed by atoms with E-state index in [1.165, 1.54) is 25.7 Å². The molecule has 0 aromatic rings. The topological polar surface area (TPSA) is 12.5 Å². The quantitative estimate of drug-likeness (QED) is 0.652. The van der Waals surface area contributed by atoms with Crippen LogP contribution in [-0.2, 0) is 4.74 Å². The van der Waals surface area contributed by atoms with Gasteiger partial charge in [0.15, 0.2) is 0 Å². The predicted octanol–water partition coefficient (Wildman–Crippen LogP) is 2.68. The fraction of sp³-hybridized carbons (Fsp3) is 1.00. The zero-order chi connectivity index (χ0) is 10.8. The first-order valence-corrected chi connectivity index (χ1v) is 5.71. The number of nitrogens with zero attached hydrogens (tertiary/aromatic N) is 1. The molecule has 0 atom stereocenters. The summed E-state index contributed by atoms with van der Waals surface area (Å²) >= 11 is 0. The van der Waals surface area contributed by atoms with Gasteiger partial charge in [-0.3, -0.25) is 4.90 Å². The van der Waals surface area contributed by atoms with Gasteiger partial charge in [0, 0.05) is 18.2 Å². The van der Waals surface area contributed by atoms with E-state index in [0.717, 1.165) is 6.61 Å². The normalized spacial score (nSPS) is 20.1. The Morgan fingerprint density at radius 1 is 1.36 bits per heavy atom. The van der Waals surface area contributed by atoms with Crippen LogP contribution in [0.15, 0.2) is 0 Å². The molecule has 0 unspecified atom stereocenters. The van der Waals surface area contributed by atoms with Crippen LogP contribution in [0.1, 0.15) is 46.5 Å². The van der Waals surface area contributed by atoms with Gasteiger partial charge >= 0.3 is 0 Å². The van der Waals surface area contributed by atoms with Gasteiger partial charge in [-0.1, -0.05) is 13.3 Å². The van der Waals surface area contributed by atoms with Crippen LogP contribution in [0.4, 0.5) is 0 Å². The molecule has 0 N–H and O–H groups in total. The van der Waals surface area contributed by atoms with Crippen LogP contribution in [0, 0.1) is 0 Å². The molecular weight excluding hydrogens is 174 g/mol. The zero-order valence-electron chi connectivity index (χ0n) is 10.4. The smallest absolute Gasteiger partial charge is 0.0646 e. The number of methoxy groups -OCH3 is 1. The maximum atomic E-state index is 5.32. The Morgan fingerprint density at radius 3 is 2.29 bits per heavy atom. The van der Waals surface area contributed by atoms with Crippen LogP contribution in [0.5, 0.6) is 0 Å². The van der Waals surface area contributed by atoms with Gasteiger partial charge in [0.05, 0.1) is 6.61 Å². The van der Waals surface area contributed by atoms with Gasteiger partial charge in [0.2, 0.25) is 0 Å². The number of hydrogen-bond donors (Lipinski definition) is 0. The van der Waals surface area contributed by atoms with Gasteiger partial charge in [-0.15, -0.1) is 0 Å². The number of rotatable bonds is 6. The molecule has 2 heteroatoms. The molecule has 2 nitrogen and oxygen atoms in total. The maximum Gasteiger partial charge on any atom is 0.0646 e. The molecule has 1 aliphatic rings. The molecule has 1 rings (SSSR count). The Labute approximate surface area is 88.6 Å². The Hall–Kier alpha value is -0.0800. The van der Waals surface area contributed by atoms with Crippen LogP contribution in [0.25, 0.3) is 0 Å². The Kier molecular flexibility index (Phi) is 3.59. The van der Waals surface area contributed by atoms with Crippen LogP contribution < -0.4 is 0 Å². The lowest BCUT2D eigenvalue weighted by Crippen LogP contribution is -2.50. The zero-order valence-corrected chi connectivity index (χ0v) is 10.4. The number of ether oxygens (including phenoxy) is 1. The van der Waals surface area contributed by atoms with Crippen LogP contribution >= 0.6 is 0 Å². The summed E-state index contributed by atoms with van der Waals surface area (Å²) in [6, 6.07) is 0. The molecule has 1 fully saturated rings. The summed E-state index contributed by atoms with van der Waals surface area (Å²) < 4.78 is 5.32. The third-order valence-electron chi connectivity index (χ3n) is 3.72. The summed E-state index contributed by atoms with van der Waals surface area (Å²) in [5, 5.41) is 0. The molecule has 0 bridgehead atoms. The van der Waals surface area contributed by atoms with E-state index in [0.29, 0.717) is 11.1 Å². The second-order valence-electron chi connectivity index (χ2n) is 5.28. The lowest BCUT2D eigenvalue weighted by atomic mass is 9.94. The van der Waals surface area contributed by atoms with Crippen molar-refractivity contribution in [3.05, 3.63) is 0 Å². The molecule has 0 aromatic heterocycles. The van der Waals surface area contributed by atoms with Crippen LogP contribution in [0.2, 0.25) is 0 Å². The van der Waals surface area contributed by atoms with Crippen molar-refractivity contribution in [3.63, 3.8) is 0 Å². The highest BCUT2D eigenvalue weighted by Gasteiger charge is 2.50. The summed E-state index contributed by atoms with van der Waals surface area (Å²) in [6.07, 6.45) is 5.10. The van der Waals surface area contributed by atoms with E-state index in [2.05, 4.69) is 32.7 Å². The van der Waals surface area contributed by atoms with Crippen LogP contribution in [-0.4, -0.2) is 36.7 Å². The lowest BCUT2D eigenvalue weighted by Gasteiger charge is -2.41. The second kappa shape index (κ2) is 4.19. The molecule has 0 aromatic carbocycles. The molecule has 0 spiro atoms. The standard InChI is InChI=1S/C12H25NO/c1-6-7-11(2,3)13(4)12(8-9-12)10-14-5/h6-10H2,1-5H3. The Bertz CT molecular complexity index is 177. The van der Waals surface area contributed by atoms with Crippen molar-refractivity contribution in [2.24, 2.45) is 0 Å². The summed E-state index contributed by atoms with van der Waals surface area (Å²) in [7, 11) is 4.06. The summed E-state index contributed by atoms with van der Waals surface area (Å²) in [6.45, 7) is 7.82. The highest BCUT2D eigenvalue weighted by atomic mass is 16.5. The average Bonchev–Trinajstić information content (AvgIpc) is 2.85. The van der Waals surface area contributed by atoms with E-state index < -0.39 is 0 Å². The third-order valence-corrected chi connectivity index (χ3v) is 3.72. The highest BCUT2D eigenvalue weighted by molar-refractivity contribution is 5.06. The van der Waals surface area contributed by atoms with Gasteiger partial charge < -0.3 is 4.74 Å². The van der Waals surface area contributed by atoms with Crippen molar-refractivity contribution in [2.75, 3.05) is 20.8 Å². The molecule has 84 valence electrons. The minimum atomic E-state index is 0.309. The summed E-state index contributed by atoms with van der Waals surface area (Å²) in [5.41, 5.74) is 0.664. The molecule has 1 aliphatic carbocycles. The second-order valence-corrected chi connectivity index (χ2v) is 5.28. The molecular formula is C12H25NO. The minimum Gasteiger partial charge on any atom is -0.383 e. The van der Waals surface area contributed by atoms with Gasteiger partial charge in [0.25, 0.3) is 0 Å². The maximum absolute atomic E-state index is 5.32. The molecule has 0 heterocycles. The van der Waals surface area contributed by atoms with E-state index in [4.69, 9.17) is 4.74 Å². The molecule has 1 saturated carbocycles. The minimum absolute atomic E-state index is 0.309. The molecule has 0 amide bonds. The number of hydrogen-bond acceptors (Lipinski definition) is 2. The Balaban J connectivity index is 2.59. The first-order valence-electron chi connectivity index (χ1n) is 5.71. The predicted molar refractivity (Wildman–Crippen MR) is 60.6 cm³/mol. The van der Waals surface area contributed by atoms with E-state index in [9.17, 15) is 0 Å². The van der Waals surface area contributed by atoms with E-state index >= 15 is 0 Å². The first kappa shape index (κ1) is 12.0. The molecule has 14 heavy (non-hydrogen) atoms. The van der Waals surface area contributed by atoms with Gasteiger partial charge in [-0.2, -0.15) is 0 Å². The summed E-state index contributed by atoms with van der Waals surface area (Å²) in [5.74, 6) is 0. The van der Waals surface area contributed by atoms with Crippen molar-refractivity contribution >= 4 is 0 Å². The fourth-order valence-corrected chi connectivity index (χ4v) is 2.41. The Morgan fingerprint density at radius 2 is 1.93 bits per heavy atom. The van der Waals surface area contributed by atoms with Gasteiger partial charge in [-0.25, -0.2) is 0 Å². The molecule has 0 saturated heterocycles. The number of likely N-dealkylation sites (N-methyl/N-ethyl adjacent to an activating group) is 1. The SMILES string of the molecule is CCCC(C)(C)N(C)C1(COC)CC1. The third kappa shape index (κ3) is 2.29. The van der Waals surface area contributed by atoms with Gasteiger partial charge in [0.1, 0.15) is 0 Å². The van der Waals surface area contributed by atoms with Crippen LogP contribution in [0.3, 0.4) is 0 Å². The molecule has 0 radical (unpaired) electrons. The van der Waals surface area contributed by atoms with Crippen molar-refractivity contribution in [2.45, 2.75) is 57.5 Å². The van der Waals surface area contributed by atoms with E-state index in [1.54, 1.807) is 7.11 Å². The van der Waals surface area contributed by atoms with Crippen molar-refractivity contribution in [1.82, 2.24) is 4.90 Å². The monoisotopic (exact) mass is 199 g/mol. The van der Waals surface area contributed by atoms with E-state index in [1.807, 2.05) is 0 Å². The highest BCUT2D eigenvalue weighted by Crippen LogP contribution is 2.45. The van der Waals surface area contributed by atoms with Crippen molar-refractivity contribution < 1.29 is 4.74 Å². The lowest BCUT2D eigenvalue weighted by molar-refractivity contribution is 0.0244. The van der Waals surface area contributed by atoms with Crippen molar-refractivity contribution in [1.29, 1.82) is 0 Å². The fourth-order valence-electron chi connectivity index (χ4n) is 2.41. The van der Waals surface area contributed by atoms with E-state index in [-0.39, 0.29) is 0 Å². The summed E-state index contributed by atoms with van der Waals surface area (Å²) in [4.78, 5) is 2.53. The first-order chi connectivity index (χ1) is 6.48. The van der Waals surface area contributed by atoms with Gasteiger partial charge in [-0.05, 0) is 40.2 Å². The average molecular weight is 199 g/mol.